The smallest absolute Gasteiger partial charge is 0.266 e. The van der Waals surface area contributed by atoms with E-state index in [1.165, 1.54) is 0 Å². The summed E-state index contributed by atoms with van der Waals surface area (Å²) in [5.74, 6) is 1.24. The molecular weight excluding hydrogens is 352 g/mol. The van der Waals surface area contributed by atoms with Gasteiger partial charge in [-0.1, -0.05) is 12.1 Å². The molecule has 1 aromatic heterocycles. The van der Waals surface area contributed by atoms with Gasteiger partial charge in [0.15, 0.2) is 0 Å². The molecule has 0 bridgehead atoms. The molecule has 9 heteroatoms. The maximum atomic E-state index is 10.7. The van der Waals surface area contributed by atoms with Crippen LogP contribution in [0.3, 0.4) is 0 Å². The van der Waals surface area contributed by atoms with Crippen LogP contribution in [0.4, 0.5) is 0 Å². The monoisotopic (exact) mass is 372 g/mol. The third-order valence-electron chi connectivity index (χ3n) is 3.13. The van der Waals surface area contributed by atoms with Gasteiger partial charge >= 0.3 is 0 Å². The molecule has 2 N–H and O–H groups in total. The molecule has 1 atom stereocenters. The Kier molecular flexibility index (Phi) is 7.13. The third-order valence-corrected chi connectivity index (χ3v) is 3.89. The van der Waals surface area contributed by atoms with E-state index in [4.69, 9.17) is 14.0 Å². The molecule has 0 spiro atoms. The summed E-state index contributed by atoms with van der Waals surface area (Å²) in [5, 5.41) is 4.00. The molecule has 0 amide bonds. The zero-order valence-corrected chi connectivity index (χ0v) is 14.9. The number of ether oxygens (including phenoxy) is 2. The van der Waals surface area contributed by atoms with Gasteiger partial charge in [-0.2, -0.15) is 4.21 Å². The van der Waals surface area contributed by atoms with Crippen molar-refractivity contribution in [1.82, 2.24) is 10.3 Å². The number of pyridine rings is 1. The number of nitrogens with zero attached hydrogens (tertiary/aromatic N) is 1. The Morgan fingerprint density at radius 1 is 1.29 bits per heavy atom. The van der Waals surface area contributed by atoms with E-state index in [1.54, 1.807) is 13.2 Å². The Bertz CT molecular complexity index is 768. The van der Waals surface area contributed by atoms with Gasteiger partial charge in [-0.05, 0) is 25.1 Å². The fraction of sp³-hybridized carbons (Fsp3) is 0.400. The zero-order valence-electron chi connectivity index (χ0n) is 13.3. The van der Waals surface area contributed by atoms with Crippen molar-refractivity contribution < 1.29 is 22.4 Å². The molecule has 24 heavy (non-hydrogen) atoms. The summed E-state index contributed by atoms with van der Waals surface area (Å²) in [6.45, 7) is 1.69. The summed E-state index contributed by atoms with van der Waals surface area (Å²) in [7, 11) is -1.92. The van der Waals surface area contributed by atoms with Crippen LogP contribution in [0, 0.1) is 0 Å². The van der Waals surface area contributed by atoms with E-state index in [2.05, 4.69) is 25.7 Å². The van der Waals surface area contributed by atoms with E-state index < -0.39 is 9.05 Å². The average Bonchev–Trinajstić information content (AvgIpc) is 2.55. The van der Waals surface area contributed by atoms with Crippen molar-refractivity contribution in [1.29, 1.82) is 0 Å². The fourth-order valence-electron chi connectivity index (χ4n) is 2.08. The number of aromatic nitrogens is 1. The molecule has 1 aromatic carbocycles. The van der Waals surface area contributed by atoms with Crippen molar-refractivity contribution in [3.63, 3.8) is 0 Å². The van der Waals surface area contributed by atoms with E-state index >= 15 is 0 Å². The number of rotatable bonds is 10. The highest BCUT2D eigenvalue weighted by Crippen LogP contribution is 2.27. The fourth-order valence-corrected chi connectivity index (χ4v) is 2.58. The van der Waals surface area contributed by atoms with Crippen LogP contribution >= 0.6 is 0 Å². The number of para-hydroxylation sites is 1. The Hall–Kier alpha value is -1.52. The minimum atomic E-state index is -3.53. The molecule has 2 rings (SSSR count). The molecule has 132 valence electrons. The second kappa shape index (κ2) is 9.09. The van der Waals surface area contributed by atoms with Gasteiger partial charge in [0.25, 0.3) is 9.05 Å². The Morgan fingerprint density at radius 3 is 2.83 bits per heavy atom. The van der Waals surface area contributed by atoms with Crippen molar-refractivity contribution in [3.8, 4) is 11.6 Å². The highest BCUT2D eigenvalue weighted by Gasteiger charge is 2.06. The quantitative estimate of drug-likeness (QED) is 0.610. The Morgan fingerprint density at radius 2 is 2.08 bits per heavy atom. The lowest BCUT2D eigenvalue weighted by Gasteiger charge is -2.10. The minimum Gasteiger partial charge on any atom is -0.496 e. The predicted octanol–water partition coefficient (Wildman–Crippen LogP) is 1.75. The van der Waals surface area contributed by atoms with Crippen LogP contribution in [0.15, 0.2) is 30.3 Å². The summed E-state index contributed by atoms with van der Waals surface area (Å²) in [6, 6.07) is 9.47. The maximum absolute atomic E-state index is 10.7. The van der Waals surface area contributed by atoms with E-state index in [0.29, 0.717) is 25.6 Å². The SMILES string of the molecule is COc1cc(OCCCNCCOS(=O)(O)=S)nc2ccccc12. The Labute approximate surface area is 146 Å². The van der Waals surface area contributed by atoms with Crippen molar-refractivity contribution in [2.75, 3.05) is 33.4 Å². The second-order valence-electron chi connectivity index (χ2n) is 4.88. The lowest BCUT2D eigenvalue weighted by Crippen LogP contribution is -2.23. The van der Waals surface area contributed by atoms with Crippen LogP contribution in [0.25, 0.3) is 10.9 Å². The first-order chi connectivity index (χ1) is 11.5. The highest BCUT2D eigenvalue weighted by atomic mass is 32.9. The van der Waals surface area contributed by atoms with Gasteiger partial charge in [0.05, 0.1) is 25.8 Å². The van der Waals surface area contributed by atoms with Crippen molar-refractivity contribution in [2.45, 2.75) is 6.42 Å². The maximum Gasteiger partial charge on any atom is 0.266 e. The van der Waals surface area contributed by atoms with Crippen molar-refractivity contribution >= 4 is 31.1 Å². The van der Waals surface area contributed by atoms with E-state index in [-0.39, 0.29) is 6.61 Å². The van der Waals surface area contributed by atoms with Crippen LogP contribution in [-0.2, 0) is 24.4 Å². The summed E-state index contributed by atoms with van der Waals surface area (Å²) >= 11 is 4.21. The predicted molar refractivity (Wildman–Crippen MR) is 95.4 cm³/mol. The van der Waals surface area contributed by atoms with E-state index in [0.717, 1.165) is 23.1 Å². The number of benzene rings is 1. The zero-order chi connectivity index (χ0) is 17.4. The average molecular weight is 372 g/mol. The van der Waals surface area contributed by atoms with Crippen LogP contribution in [-0.4, -0.2) is 47.2 Å². The highest BCUT2D eigenvalue weighted by molar-refractivity contribution is 8.27. The number of hydrogen-bond donors (Lipinski definition) is 2. The summed E-state index contributed by atoms with van der Waals surface area (Å²) in [4.78, 5) is 4.44. The standard InChI is InChI=1S/C15H20N2O5S2/c1-20-14-11-15(17-13-6-3-2-5-12(13)14)21-9-4-7-16-8-10-22-24(18,19)23/h2-3,5-6,11,16H,4,7-10H2,1H3,(H,18,19,23). The molecule has 0 radical (unpaired) electrons. The molecule has 0 saturated heterocycles. The summed E-state index contributed by atoms with van der Waals surface area (Å²) in [6.07, 6.45) is 0.749. The van der Waals surface area contributed by atoms with Crippen molar-refractivity contribution in [2.24, 2.45) is 0 Å². The molecule has 7 nitrogen and oxygen atoms in total. The largest absolute Gasteiger partial charge is 0.496 e. The minimum absolute atomic E-state index is 0.0864. The third kappa shape index (κ3) is 6.17. The summed E-state index contributed by atoms with van der Waals surface area (Å²) in [5.41, 5.74) is 0.818. The lowest BCUT2D eigenvalue weighted by molar-refractivity contribution is 0.284. The summed E-state index contributed by atoms with van der Waals surface area (Å²) < 4.78 is 35.0. The molecule has 1 unspecified atom stereocenters. The first kappa shape index (κ1) is 18.8. The van der Waals surface area contributed by atoms with Crippen molar-refractivity contribution in [3.05, 3.63) is 30.3 Å². The van der Waals surface area contributed by atoms with Crippen LogP contribution in [0.5, 0.6) is 11.6 Å². The van der Waals surface area contributed by atoms with Gasteiger partial charge in [0.1, 0.15) is 5.75 Å². The van der Waals surface area contributed by atoms with Gasteiger partial charge in [0, 0.05) is 29.2 Å². The van der Waals surface area contributed by atoms with Gasteiger partial charge < -0.3 is 14.8 Å². The van der Waals surface area contributed by atoms with Crippen LogP contribution in [0.2, 0.25) is 0 Å². The second-order valence-corrected chi connectivity index (χ2v) is 7.24. The van der Waals surface area contributed by atoms with Gasteiger partial charge in [0.2, 0.25) is 5.88 Å². The van der Waals surface area contributed by atoms with Gasteiger partial charge in [-0.25, -0.2) is 4.98 Å². The van der Waals surface area contributed by atoms with Gasteiger partial charge in [-0.3, -0.25) is 8.74 Å². The molecule has 2 aromatic rings. The lowest BCUT2D eigenvalue weighted by atomic mass is 10.2. The topological polar surface area (TPSA) is 89.9 Å². The van der Waals surface area contributed by atoms with Gasteiger partial charge in [-0.15, -0.1) is 0 Å². The molecule has 0 saturated carbocycles. The first-order valence-electron chi connectivity index (χ1n) is 7.39. The molecule has 1 heterocycles. The first-order valence-corrected chi connectivity index (χ1v) is 9.75. The Balaban J connectivity index is 1.74. The molecule has 0 aliphatic heterocycles. The number of nitrogens with one attached hydrogen (secondary N) is 1. The normalized spacial score (nSPS) is 13.6. The van der Waals surface area contributed by atoms with Crippen LogP contribution < -0.4 is 14.8 Å². The molecular formula is C15H20N2O5S2. The number of fused-ring (bicyclic) bond motifs is 1. The van der Waals surface area contributed by atoms with E-state index in [9.17, 15) is 4.21 Å². The molecule has 0 aliphatic carbocycles. The van der Waals surface area contributed by atoms with Crippen LogP contribution in [0.1, 0.15) is 6.42 Å². The molecule has 0 fully saturated rings. The molecule has 0 aliphatic rings. The number of methoxy groups -OCH3 is 1. The van der Waals surface area contributed by atoms with E-state index in [1.807, 2.05) is 24.3 Å². The number of hydrogen-bond acceptors (Lipinski definition) is 7.